The summed E-state index contributed by atoms with van der Waals surface area (Å²) in [6.07, 6.45) is 0.396. The van der Waals surface area contributed by atoms with Crippen LogP contribution in [0.3, 0.4) is 0 Å². The number of ether oxygens (including phenoxy) is 1. The van der Waals surface area contributed by atoms with Crippen molar-refractivity contribution in [2.24, 2.45) is 0 Å². The van der Waals surface area contributed by atoms with Gasteiger partial charge in [0, 0.05) is 0 Å². The van der Waals surface area contributed by atoms with Gasteiger partial charge in [-0.05, 0) is 37.5 Å². The molecule has 0 bridgehead atoms. The van der Waals surface area contributed by atoms with E-state index in [4.69, 9.17) is 4.74 Å². The first-order chi connectivity index (χ1) is 12.0. The molecule has 2 aromatic carbocycles. The number of esters is 1. The molecular formula is C20H21NO4. The Morgan fingerprint density at radius 3 is 2.28 bits per heavy atom. The highest BCUT2D eigenvalue weighted by molar-refractivity contribution is 5.93. The number of carbonyl (C=O) groups is 3. The van der Waals surface area contributed by atoms with Crippen molar-refractivity contribution >= 4 is 17.7 Å². The molecule has 0 fully saturated rings. The molecule has 0 saturated heterocycles. The Morgan fingerprint density at radius 2 is 1.64 bits per heavy atom. The van der Waals surface area contributed by atoms with Gasteiger partial charge in [0.2, 0.25) is 0 Å². The molecular weight excluding hydrogens is 318 g/mol. The predicted molar refractivity (Wildman–Crippen MR) is 94.2 cm³/mol. The van der Waals surface area contributed by atoms with E-state index < -0.39 is 24.5 Å². The summed E-state index contributed by atoms with van der Waals surface area (Å²) >= 11 is 0. The molecule has 1 amide bonds. The summed E-state index contributed by atoms with van der Waals surface area (Å²) in [6.45, 7) is 2.79. The minimum absolute atomic E-state index is 0.151. The zero-order chi connectivity index (χ0) is 18.2. The van der Waals surface area contributed by atoms with Crippen molar-refractivity contribution in [3.8, 4) is 0 Å². The summed E-state index contributed by atoms with van der Waals surface area (Å²) in [5.41, 5.74) is 2.14. The monoisotopic (exact) mass is 339 g/mol. The van der Waals surface area contributed by atoms with Gasteiger partial charge >= 0.3 is 5.97 Å². The average Bonchev–Trinajstić information content (AvgIpc) is 2.60. The highest BCUT2D eigenvalue weighted by Gasteiger charge is 2.19. The van der Waals surface area contributed by atoms with E-state index in [0.29, 0.717) is 12.0 Å². The van der Waals surface area contributed by atoms with E-state index in [1.54, 1.807) is 25.1 Å². The van der Waals surface area contributed by atoms with E-state index in [9.17, 15) is 14.4 Å². The van der Waals surface area contributed by atoms with Crippen LogP contribution in [0, 0.1) is 6.92 Å². The van der Waals surface area contributed by atoms with Gasteiger partial charge in [-0.1, -0.05) is 48.5 Å². The number of ketones is 1. The van der Waals surface area contributed by atoms with Crippen LogP contribution in [0.5, 0.6) is 0 Å². The second-order valence-electron chi connectivity index (χ2n) is 5.81. The maximum atomic E-state index is 12.0. The first-order valence-electron chi connectivity index (χ1n) is 8.04. The molecule has 0 heterocycles. The van der Waals surface area contributed by atoms with Gasteiger partial charge in [-0.25, -0.2) is 4.79 Å². The zero-order valence-corrected chi connectivity index (χ0v) is 14.3. The highest BCUT2D eigenvalue weighted by Crippen LogP contribution is 2.08. The topological polar surface area (TPSA) is 72.5 Å². The fourth-order valence-electron chi connectivity index (χ4n) is 2.39. The number of hydrogen-bond acceptors (Lipinski definition) is 4. The van der Waals surface area contributed by atoms with Gasteiger partial charge in [0.25, 0.3) is 5.91 Å². The fourth-order valence-corrected chi connectivity index (χ4v) is 2.39. The van der Waals surface area contributed by atoms with Crippen molar-refractivity contribution < 1.29 is 19.1 Å². The lowest BCUT2D eigenvalue weighted by atomic mass is 10.0. The van der Waals surface area contributed by atoms with Crippen LogP contribution in [-0.2, 0) is 20.7 Å². The lowest BCUT2D eigenvalue weighted by molar-refractivity contribution is -0.128. The Bertz CT molecular complexity index is 755. The Labute approximate surface area is 147 Å². The minimum atomic E-state index is -0.646. The second-order valence-corrected chi connectivity index (χ2v) is 5.81. The predicted octanol–water partition coefficient (Wildman–Crippen LogP) is 2.47. The van der Waals surface area contributed by atoms with Gasteiger partial charge in [0.15, 0.2) is 12.4 Å². The molecule has 5 nitrogen and oxygen atoms in total. The Morgan fingerprint density at radius 1 is 1.00 bits per heavy atom. The number of nitrogens with one attached hydrogen (secondary N) is 1. The zero-order valence-electron chi connectivity index (χ0n) is 14.3. The third-order valence-electron chi connectivity index (χ3n) is 3.81. The normalized spacial score (nSPS) is 11.4. The van der Waals surface area contributed by atoms with Crippen LogP contribution in [0.2, 0.25) is 0 Å². The Balaban J connectivity index is 1.90. The molecule has 1 N–H and O–H groups in total. The van der Waals surface area contributed by atoms with Crippen LogP contribution >= 0.6 is 0 Å². The molecule has 2 aromatic rings. The lowest BCUT2D eigenvalue weighted by Crippen LogP contribution is -2.43. The number of benzene rings is 2. The highest BCUT2D eigenvalue weighted by atomic mass is 16.5. The molecule has 1 atom stereocenters. The van der Waals surface area contributed by atoms with E-state index >= 15 is 0 Å². The molecule has 0 aliphatic heterocycles. The van der Waals surface area contributed by atoms with Gasteiger partial charge in [0.1, 0.15) is 0 Å². The van der Waals surface area contributed by atoms with E-state index in [2.05, 4.69) is 5.32 Å². The average molecular weight is 339 g/mol. The van der Waals surface area contributed by atoms with E-state index in [1.807, 2.05) is 36.4 Å². The first kappa shape index (κ1) is 18.4. The van der Waals surface area contributed by atoms with Gasteiger partial charge < -0.3 is 10.1 Å². The maximum Gasteiger partial charge on any atom is 0.338 e. The van der Waals surface area contributed by atoms with Crippen LogP contribution in [-0.4, -0.2) is 30.3 Å². The molecule has 0 radical (unpaired) electrons. The number of amides is 1. The first-order valence-corrected chi connectivity index (χ1v) is 8.04. The maximum absolute atomic E-state index is 12.0. The quantitative estimate of drug-likeness (QED) is 0.787. The standard InChI is InChI=1S/C20H21NO4/c1-14-8-6-7-11-17(14)20(24)25-13-19(23)21-18(15(2)22)12-16-9-4-3-5-10-16/h3-11,18H,12-13H2,1-2H3,(H,21,23)/t18-/m1/s1. The summed E-state index contributed by atoms with van der Waals surface area (Å²) in [5.74, 6) is -1.21. The molecule has 0 unspecified atom stereocenters. The summed E-state index contributed by atoms with van der Waals surface area (Å²) in [4.78, 5) is 35.8. The van der Waals surface area contributed by atoms with Gasteiger partial charge in [-0.3, -0.25) is 9.59 Å². The molecule has 0 aliphatic rings. The Kier molecular flexibility index (Phi) is 6.46. The van der Waals surface area contributed by atoms with Crippen LogP contribution < -0.4 is 5.32 Å². The van der Waals surface area contributed by atoms with Crippen LogP contribution in [0.4, 0.5) is 0 Å². The molecule has 0 saturated carbocycles. The van der Waals surface area contributed by atoms with Crippen molar-refractivity contribution in [2.75, 3.05) is 6.61 Å². The largest absolute Gasteiger partial charge is 0.452 e. The number of Topliss-reactive ketones (excluding diaryl/α,β-unsaturated/α-hetero) is 1. The van der Waals surface area contributed by atoms with Crippen molar-refractivity contribution in [2.45, 2.75) is 26.3 Å². The van der Waals surface area contributed by atoms with Gasteiger partial charge in [-0.2, -0.15) is 0 Å². The molecule has 2 rings (SSSR count). The number of aryl methyl sites for hydroxylation is 1. The van der Waals surface area contributed by atoms with Crippen molar-refractivity contribution in [3.05, 3.63) is 71.3 Å². The summed E-state index contributed by atoms with van der Waals surface area (Å²) in [6, 6.07) is 15.8. The molecule has 0 aliphatic carbocycles. The molecule has 130 valence electrons. The third-order valence-corrected chi connectivity index (χ3v) is 3.81. The smallest absolute Gasteiger partial charge is 0.338 e. The second kappa shape index (κ2) is 8.78. The lowest BCUT2D eigenvalue weighted by Gasteiger charge is -2.16. The van der Waals surface area contributed by atoms with E-state index in [0.717, 1.165) is 11.1 Å². The molecule has 5 heteroatoms. The number of rotatable bonds is 7. The van der Waals surface area contributed by atoms with E-state index in [-0.39, 0.29) is 5.78 Å². The summed E-state index contributed by atoms with van der Waals surface area (Å²) in [7, 11) is 0. The van der Waals surface area contributed by atoms with Gasteiger partial charge in [0.05, 0.1) is 11.6 Å². The summed E-state index contributed by atoms with van der Waals surface area (Å²) < 4.78 is 5.04. The number of hydrogen-bond donors (Lipinski definition) is 1. The number of carbonyl (C=O) groups excluding carboxylic acids is 3. The molecule has 0 spiro atoms. The van der Waals surface area contributed by atoms with E-state index in [1.165, 1.54) is 6.92 Å². The van der Waals surface area contributed by atoms with Crippen molar-refractivity contribution in [1.29, 1.82) is 0 Å². The van der Waals surface area contributed by atoms with Gasteiger partial charge in [-0.15, -0.1) is 0 Å². The molecule has 0 aromatic heterocycles. The molecule has 25 heavy (non-hydrogen) atoms. The Hall–Kier alpha value is -2.95. The van der Waals surface area contributed by atoms with Crippen LogP contribution in [0.25, 0.3) is 0 Å². The minimum Gasteiger partial charge on any atom is -0.452 e. The third kappa shape index (κ3) is 5.57. The van der Waals surface area contributed by atoms with Crippen molar-refractivity contribution in [3.63, 3.8) is 0 Å². The van der Waals surface area contributed by atoms with Crippen LogP contribution in [0.15, 0.2) is 54.6 Å². The SMILES string of the molecule is CC(=O)[C@@H](Cc1ccccc1)NC(=O)COC(=O)c1ccccc1C. The summed E-state index contributed by atoms with van der Waals surface area (Å²) in [5, 5.41) is 2.62. The van der Waals surface area contributed by atoms with Crippen LogP contribution in [0.1, 0.15) is 28.4 Å². The fraction of sp³-hybridized carbons (Fsp3) is 0.250. The van der Waals surface area contributed by atoms with Crippen molar-refractivity contribution in [1.82, 2.24) is 5.32 Å².